The number of halogens is 1. The monoisotopic (exact) mass is 420 g/mol. The van der Waals surface area contributed by atoms with Crippen molar-refractivity contribution in [2.75, 3.05) is 6.54 Å². The first-order chi connectivity index (χ1) is 15.1. The molecule has 2 heterocycles. The van der Waals surface area contributed by atoms with Gasteiger partial charge >= 0.3 is 0 Å². The summed E-state index contributed by atoms with van der Waals surface area (Å²) in [6.07, 6.45) is 5.76. The standard InChI is InChI=1S/C24H25FN4O2/c25-18-9-6-16(7-10-18)15-26-23(30)17-8-11-21-20(14-17)27-22-24(31)28(12-13-29(21)22)19-4-2-1-3-5-19/h6-11,14,19H,1-5,12-13,15H2,(H,26,30). The molecule has 0 spiro atoms. The second-order valence-electron chi connectivity index (χ2n) is 8.39. The fourth-order valence-corrected chi connectivity index (χ4v) is 4.73. The minimum absolute atomic E-state index is 0.00309. The molecule has 1 fully saturated rings. The third-order valence-electron chi connectivity index (χ3n) is 6.41. The number of rotatable bonds is 4. The topological polar surface area (TPSA) is 67.2 Å². The lowest BCUT2D eigenvalue weighted by atomic mass is 9.94. The summed E-state index contributed by atoms with van der Waals surface area (Å²) in [6, 6.07) is 11.7. The quantitative estimate of drug-likeness (QED) is 0.696. The molecule has 3 aromatic rings. The van der Waals surface area contributed by atoms with Crippen molar-refractivity contribution in [3.05, 3.63) is 65.2 Å². The third kappa shape index (κ3) is 3.80. The normalized spacial score (nSPS) is 17.1. The van der Waals surface area contributed by atoms with Crippen LogP contribution in [0.3, 0.4) is 0 Å². The van der Waals surface area contributed by atoms with Gasteiger partial charge < -0.3 is 14.8 Å². The molecule has 2 amide bonds. The molecular weight excluding hydrogens is 395 g/mol. The van der Waals surface area contributed by atoms with E-state index in [-0.39, 0.29) is 17.6 Å². The van der Waals surface area contributed by atoms with Crippen LogP contribution in [0.15, 0.2) is 42.5 Å². The second kappa shape index (κ2) is 8.13. The van der Waals surface area contributed by atoms with Gasteiger partial charge in [0.05, 0.1) is 11.0 Å². The average Bonchev–Trinajstić information content (AvgIpc) is 3.18. The Labute approximate surface area is 180 Å². The molecule has 0 saturated heterocycles. The zero-order valence-electron chi connectivity index (χ0n) is 17.3. The number of aromatic nitrogens is 2. The summed E-state index contributed by atoms with van der Waals surface area (Å²) < 4.78 is 15.0. The van der Waals surface area contributed by atoms with Crippen LogP contribution in [0, 0.1) is 5.82 Å². The molecule has 7 heteroatoms. The number of benzene rings is 2. The molecule has 6 nitrogen and oxygen atoms in total. The molecular formula is C24H25FN4O2. The maximum atomic E-state index is 13.1. The Morgan fingerprint density at radius 2 is 1.84 bits per heavy atom. The Morgan fingerprint density at radius 1 is 1.06 bits per heavy atom. The van der Waals surface area contributed by atoms with Crippen LogP contribution in [0.1, 0.15) is 58.6 Å². The molecule has 0 radical (unpaired) electrons. The first kappa shape index (κ1) is 19.7. The largest absolute Gasteiger partial charge is 0.348 e. The molecule has 2 aromatic carbocycles. The molecule has 0 atom stereocenters. The van der Waals surface area contributed by atoms with Gasteiger partial charge in [0.2, 0.25) is 0 Å². The van der Waals surface area contributed by atoms with Gasteiger partial charge in [-0.1, -0.05) is 31.4 Å². The van der Waals surface area contributed by atoms with E-state index in [0.717, 1.165) is 30.5 Å². The summed E-state index contributed by atoms with van der Waals surface area (Å²) in [5, 5.41) is 2.85. The number of nitrogens with one attached hydrogen (secondary N) is 1. The minimum Gasteiger partial charge on any atom is -0.348 e. The van der Waals surface area contributed by atoms with E-state index in [2.05, 4.69) is 10.3 Å². The van der Waals surface area contributed by atoms with E-state index in [9.17, 15) is 14.0 Å². The summed E-state index contributed by atoms with van der Waals surface area (Å²) in [4.78, 5) is 32.3. The Balaban J connectivity index is 1.34. The van der Waals surface area contributed by atoms with Crippen LogP contribution in [0.5, 0.6) is 0 Å². The molecule has 1 N–H and O–H groups in total. The highest BCUT2D eigenvalue weighted by Gasteiger charge is 2.33. The van der Waals surface area contributed by atoms with Crippen molar-refractivity contribution < 1.29 is 14.0 Å². The van der Waals surface area contributed by atoms with Gasteiger partial charge in [-0.25, -0.2) is 9.37 Å². The molecule has 0 unspecified atom stereocenters. The van der Waals surface area contributed by atoms with Crippen molar-refractivity contribution in [3.63, 3.8) is 0 Å². The highest BCUT2D eigenvalue weighted by Crippen LogP contribution is 2.28. The van der Waals surface area contributed by atoms with Crippen molar-refractivity contribution in [2.45, 2.75) is 51.2 Å². The predicted octanol–water partition coefficient (Wildman–Crippen LogP) is 3.89. The van der Waals surface area contributed by atoms with E-state index in [4.69, 9.17) is 0 Å². The van der Waals surface area contributed by atoms with Gasteiger partial charge in [0, 0.05) is 31.2 Å². The SMILES string of the molecule is O=C(NCc1ccc(F)cc1)c1ccc2c(c1)nc1n2CCN(C2CCCCC2)C1=O. The molecule has 0 bridgehead atoms. The number of amides is 2. The van der Waals surface area contributed by atoms with Gasteiger partial charge in [0.1, 0.15) is 5.82 Å². The summed E-state index contributed by atoms with van der Waals surface area (Å²) in [5.41, 5.74) is 2.84. The highest BCUT2D eigenvalue weighted by molar-refractivity contribution is 6.00. The predicted molar refractivity (Wildman–Crippen MR) is 115 cm³/mol. The zero-order valence-corrected chi connectivity index (χ0v) is 17.3. The lowest BCUT2D eigenvalue weighted by molar-refractivity contribution is 0.0566. The Hall–Kier alpha value is -3.22. The van der Waals surface area contributed by atoms with Crippen molar-refractivity contribution in [3.8, 4) is 0 Å². The van der Waals surface area contributed by atoms with Crippen LogP contribution >= 0.6 is 0 Å². The maximum Gasteiger partial charge on any atom is 0.290 e. The smallest absolute Gasteiger partial charge is 0.290 e. The van der Waals surface area contributed by atoms with Gasteiger partial charge in [-0.15, -0.1) is 0 Å². The fraction of sp³-hybridized carbons (Fsp3) is 0.375. The van der Waals surface area contributed by atoms with E-state index < -0.39 is 0 Å². The van der Waals surface area contributed by atoms with Crippen LogP contribution in [-0.2, 0) is 13.1 Å². The number of carbonyl (C=O) groups excluding carboxylic acids is 2. The third-order valence-corrected chi connectivity index (χ3v) is 6.41. The molecule has 160 valence electrons. The van der Waals surface area contributed by atoms with E-state index >= 15 is 0 Å². The summed E-state index contributed by atoms with van der Waals surface area (Å²) in [7, 11) is 0. The number of imidazole rings is 1. The van der Waals surface area contributed by atoms with Gasteiger partial charge in [-0.2, -0.15) is 0 Å². The fourth-order valence-electron chi connectivity index (χ4n) is 4.73. The van der Waals surface area contributed by atoms with Gasteiger partial charge in [-0.05, 0) is 48.7 Å². The summed E-state index contributed by atoms with van der Waals surface area (Å²) in [6.45, 7) is 1.75. The molecule has 1 aliphatic heterocycles. The van der Waals surface area contributed by atoms with E-state index in [0.29, 0.717) is 36.0 Å². The number of hydrogen-bond donors (Lipinski definition) is 1. The summed E-state index contributed by atoms with van der Waals surface area (Å²) >= 11 is 0. The first-order valence-corrected chi connectivity index (χ1v) is 10.9. The highest BCUT2D eigenvalue weighted by atomic mass is 19.1. The van der Waals surface area contributed by atoms with Crippen LogP contribution in [0.25, 0.3) is 11.0 Å². The average molecular weight is 420 g/mol. The lowest BCUT2D eigenvalue weighted by Gasteiger charge is -2.36. The maximum absolute atomic E-state index is 13.1. The van der Waals surface area contributed by atoms with Crippen LogP contribution in [0.2, 0.25) is 0 Å². The summed E-state index contributed by atoms with van der Waals surface area (Å²) in [5.74, 6) is -0.0689. The molecule has 1 aliphatic carbocycles. The van der Waals surface area contributed by atoms with Crippen molar-refractivity contribution in [2.24, 2.45) is 0 Å². The lowest BCUT2D eigenvalue weighted by Crippen LogP contribution is -2.47. The van der Waals surface area contributed by atoms with Crippen molar-refractivity contribution >= 4 is 22.8 Å². The van der Waals surface area contributed by atoms with Gasteiger partial charge in [-0.3, -0.25) is 9.59 Å². The number of nitrogens with zero attached hydrogens (tertiary/aromatic N) is 3. The van der Waals surface area contributed by atoms with Crippen LogP contribution in [-0.4, -0.2) is 38.9 Å². The van der Waals surface area contributed by atoms with Crippen LogP contribution < -0.4 is 5.32 Å². The number of carbonyl (C=O) groups is 2. The minimum atomic E-state index is -0.305. The number of fused-ring (bicyclic) bond motifs is 3. The van der Waals surface area contributed by atoms with Crippen molar-refractivity contribution in [1.82, 2.24) is 19.8 Å². The van der Waals surface area contributed by atoms with Crippen molar-refractivity contribution in [1.29, 1.82) is 0 Å². The van der Waals surface area contributed by atoms with E-state index in [1.165, 1.54) is 31.4 Å². The van der Waals surface area contributed by atoms with E-state index in [1.54, 1.807) is 24.3 Å². The molecule has 2 aliphatic rings. The van der Waals surface area contributed by atoms with Gasteiger partial charge in [0.25, 0.3) is 11.8 Å². The Morgan fingerprint density at radius 3 is 2.61 bits per heavy atom. The molecule has 1 aromatic heterocycles. The molecule has 1 saturated carbocycles. The molecule has 31 heavy (non-hydrogen) atoms. The zero-order chi connectivity index (χ0) is 21.4. The number of hydrogen-bond acceptors (Lipinski definition) is 3. The Kier molecular flexibility index (Phi) is 5.18. The van der Waals surface area contributed by atoms with Gasteiger partial charge in [0.15, 0.2) is 5.82 Å². The van der Waals surface area contributed by atoms with E-state index in [1.807, 2.05) is 15.5 Å². The van der Waals surface area contributed by atoms with Crippen LogP contribution in [0.4, 0.5) is 4.39 Å². The second-order valence-corrected chi connectivity index (χ2v) is 8.39. The first-order valence-electron chi connectivity index (χ1n) is 10.9. The molecule has 5 rings (SSSR count). The Bertz CT molecular complexity index is 1130.